The van der Waals surface area contributed by atoms with Crippen LogP contribution in [0.2, 0.25) is 20.1 Å². The number of hydrogen-bond donors (Lipinski definition) is 0. The standard InChI is InChI=1S/C17H10Cl4N4O11/c1-5(11-7(18)3-9(22(27)28)13(20)15(11)24(31)32)35-17(26)36-6(2)12-8(19)4-10(23(29)30)14(21)16(12)25(33)34/h3-6H,1-2H3. The van der Waals surface area contributed by atoms with Crippen LogP contribution in [-0.2, 0) is 9.47 Å². The third-order valence-corrected chi connectivity index (χ3v) is 5.91. The molecule has 2 rings (SSSR count). The highest BCUT2D eigenvalue weighted by Crippen LogP contribution is 2.46. The Kier molecular flexibility index (Phi) is 8.79. The maximum Gasteiger partial charge on any atom is 0.509 e. The van der Waals surface area contributed by atoms with Crippen molar-refractivity contribution in [1.29, 1.82) is 0 Å². The van der Waals surface area contributed by atoms with Gasteiger partial charge in [-0.05, 0) is 13.8 Å². The molecule has 2 aromatic carbocycles. The average Bonchev–Trinajstić information content (AvgIpc) is 2.74. The molecule has 0 aromatic heterocycles. The third kappa shape index (κ3) is 5.64. The minimum atomic E-state index is -1.55. The number of carbonyl (C=O) groups excluding carboxylic acids is 1. The predicted molar refractivity (Wildman–Crippen MR) is 124 cm³/mol. The summed E-state index contributed by atoms with van der Waals surface area (Å²) < 4.78 is 9.91. The zero-order valence-corrected chi connectivity index (χ0v) is 20.6. The summed E-state index contributed by atoms with van der Waals surface area (Å²) in [5, 5.41) is 42.4. The van der Waals surface area contributed by atoms with E-state index in [1.54, 1.807) is 0 Å². The second kappa shape index (κ2) is 11.0. The highest BCUT2D eigenvalue weighted by atomic mass is 35.5. The van der Waals surface area contributed by atoms with E-state index in [4.69, 9.17) is 55.9 Å². The number of carbonyl (C=O) groups is 1. The molecule has 0 saturated carbocycles. The highest BCUT2D eigenvalue weighted by molar-refractivity contribution is 6.38. The maximum atomic E-state index is 12.4. The van der Waals surface area contributed by atoms with Gasteiger partial charge in [0.15, 0.2) is 10.0 Å². The topological polar surface area (TPSA) is 208 Å². The number of benzene rings is 2. The number of nitro benzene ring substituents is 4. The largest absolute Gasteiger partial charge is 0.509 e. The van der Waals surface area contributed by atoms with Crippen LogP contribution in [0.4, 0.5) is 27.5 Å². The minimum absolute atomic E-state index is 0.496. The van der Waals surface area contributed by atoms with Crippen LogP contribution in [0.5, 0.6) is 0 Å². The van der Waals surface area contributed by atoms with E-state index in [9.17, 15) is 45.3 Å². The van der Waals surface area contributed by atoms with Gasteiger partial charge in [-0.2, -0.15) is 0 Å². The molecule has 0 saturated heterocycles. The van der Waals surface area contributed by atoms with E-state index in [-0.39, 0.29) is 0 Å². The Morgan fingerprint density at radius 1 is 0.694 bits per heavy atom. The van der Waals surface area contributed by atoms with Crippen LogP contribution in [0.3, 0.4) is 0 Å². The van der Waals surface area contributed by atoms with Crippen LogP contribution in [-0.4, -0.2) is 25.8 Å². The van der Waals surface area contributed by atoms with Crippen LogP contribution in [0, 0.1) is 40.5 Å². The molecule has 0 radical (unpaired) electrons. The van der Waals surface area contributed by atoms with Crippen LogP contribution in [0.15, 0.2) is 12.1 Å². The third-order valence-electron chi connectivity index (χ3n) is 4.53. The Morgan fingerprint density at radius 3 is 1.25 bits per heavy atom. The van der Waals surface area contributed by atoms with Gasteiger partial charge < -0.3 is 9.47 Å². The van der Waals surface area contributed by atoms with Gasteiger partial charge >= 0.3 is 17.5 Å². The molecule has 0 fully saturated rings. The molecule has 19 heteroatoms. The van der Waals surface area contributed by atoms with Crippen molar-refractivity contribution in [3.63, 3.8) is 0 Å². The normalized spacial score (nSPS) is 12.4. The van der Waals surface area contributed by atoms with E-state index in [1.807, 2.05) is 0 Å². The summed E-state index contributed by atoms with van der Waals surface area (Å²) in [6, 6.07) is 1.45. The molecule has 2 aromatic rings. The van der Waals surface area contributed by atoms with Crippen molar-refractivity contribution in [3.05, 3.63) is 83.8 Å². The molecule has 0 heterocycles. The van der Waals surface area contributed by atoms with E-state index in [0.29, 0.717) is 0 Å². The number of rotatable bonds is 8. The Morgan fingerprint density at radius 2 is 1.00 bits per heavy atom. The van der Waals surface area contributed by atoms with Gasteiger partial charge in [-0.1, -0.05) is 46.4 Å². The molecule has 0 spiro atoms. The second-order valence-corrected chi connectivity index (χ2v) is 8.28. The van der Waals surface area contributed by atoms with Crippen molar-refractivity contribution in [1.82, 2.24) is 0 Å². The zero-order chi connectivity index (χ0) is 27.6. The smallest absolute Gasteiger partial charge is 0.426 e. The Hall–Kier alpha value is -3.53. The van der Waals surface area contributed by atoms with Gasteiger partial charge in [0.05, 0.1) is 40.9 Å². The molecule has 0 aliphatic rings. The molecule has 192 valence electrons. The van der Waals surface area contributed by atoms with Crippen molar-refractivity contribution in [2.75, 3.05) is 0 Å². The SMILES string of the molecule is CC(OC(=O)OC(C)c1c(Cl)cc([N+](=O)[O-])c(Cl)c1[N+](=O)[O-])c1c(Cl)cc([N+](=O)[O-])c(Cl)c1[N+](=O)[O-]. The van der Waals surface area contributed by atoms with Crippen LogP contribution < -0.4 is 0 Å². The molecule has 0 aliphatic carbocycles. The lowest BCUT2D eigenvalue weighted by Gasteiger charge is -2.19. The quantitative estimate of drug-likeness (QED) is 0.176. The van der Waals surface area contributed by atoms with Gasteiger partial charge in [0.2, 0.25) is 0 Å². The summed E-state index contributed by atoms with van der Waals surface area (Å²) in [6.07, 6.45) is -4.64. The molecular formula is C17H10Cl4N4O11. The van der Waals surface area contributed by atoms with E-state index in [2.05, 4.69) is 0 Å². The average molecular weight is 588 g/mol. The van der Waals surface area contributed by atoms with Gasteiger partial charge in [0.25, 0.3) is 11.4 Å². The Labute approximate surface area is 219 Å². The first kappa shape index (κ1) is 28.7. The lowest BCUT2D eigenvalue weighted by atomic mass is 10.1. The highest BCUT2D eigenvalue weighted by Gasteiger charge is 2.37. The molecule has 15 nitrogen and oxygen atoms in total. The van der Waals surface area contributed by atoms with E-state index < -0.39 is 92.0 Å². The molecule has 2 atom stereocenters. The summed E-state index contributed by atoms with van der Waals surface area (Å²) in [4.78, 5) is 53.4. The van der Waals surface area contributed by atoms with Crippen molar-refractivity contribution >= 4 is 75.3 Å². The van der Waals surface area contributed by atoms with Gasteiger partial charge in [-0.25, -0.2) is 4.79 Å². The number of nitro groups is 4. The second-order valence-electron chi connectivity index (χ2n) is 6.71. The number of hydrogen-bond acceptors (Lipinski definition) is 11. The molecule has 0 aliphatic heterocycles. The van der Waals surface area contributed by atoms with E-state index >= 15 is 0 Å². The molecule has 0 amide bonds. The maximum absolute atomic E-state index is 12.4. The molecule has 0 N–H and O–H groups in total. The summed E-state index contributed by atoms with van der Waals surface area (Å²) in [6.45, 7) is 2.22. The van der Waals surface area contributed by atoms with Gasteiger partial charge in [0, 0.05) is 12.1 Å². The van der Waals surface area contributed by atoms with Crippen LogP contribution in [0.1, 0.15) is 37.2 Å². The van der Waals surface area contributed by atoms with E-state index in [1.165, 1.54) is 0 Å². The summed E-state index contributed by atoms with van der Waals surface area (Å²) in [5.41, 5.74) is -4.71. The summed E-state index contributed by atoms with van der Waals surface area (Å²) in [7, 11) is 0. The first-order valence-corrected chi connectivity index (χ1v) is 10.6. The number of halogens is 4. The first-order chi connectivity index (χ1) is 16.6. The van der Waals surface area contributed by atoms with Crippen LogP contribution >= 0.6 is 46.4 Å². The van der Waals surface area contributed by atoms with Gasteiger partial charge in [0.1, 0.15) is 12.2 Å². The van der Waals surface area contributed by atoms with Crippen molar-refractivity contribution in [3.8, 4) is 0 Å². The predicted octanol–water partition coefficient (Wildman–Crippen LogP) is 6.91. The van der Waals surface area contributed by atoms with Gasteiger partial charge in [-0.15, -0.1) is 0 Å². The molecule has 36 heavy (non-hydrogen) atoms. The van der Waals surface area contributed by atoms with Crippen LogP contribution in [0.25, 0.3) is 0 Å². The fourth-order valence-electron chi connectivity index (χ4n) is 3.06. The number of nitrogens with zero attached hydrogens (tertiary/aromatic N) is 4. The van der Waals surface area contributed by atoms with Crippen molar-refractivity contribution in [2.45, 2.75) is 26.1 Å². The lowest BCUT2D eigenvalue weighted by Crippen LogP contribution is -2.16. The first-order valence-electron chi connectivity index (χ1n) is 9.08. The summed E-state index contributed by atoms with van der Waals surface area (Å²) >= 11 is 23.5. The molecular weight excluding hydrogens is 578 g/mol. The van der Waals surface area contributed by atoms with Crippen molar-refractivity contribution < 1.29 is 34.0 Å². The van der Waals surface area contributed by atoms with E-state index in [0.717, 1.165) is 26.0 Å². The van der Waals surface area contributed by atoms with Crippen molar-refractivity contribution in [2.24, 2.45) is 0 Å². The molecule has 0 bridgehead atoms. The Balaban J connectivity index is 2.42. The zero-order valence-electron chi connectivity index (χ0n) is 17.6. The fourth-order valence-corrected chi connectivity index (χ4v) is 4.34. The fraction of sp³-hybridized carbons (Fsp3) is 0.235. The minimum Gasteiger partial charge on any atom is -0.426 e. The monoisotopic (exact) mass is 586 g/mol. The molecule has 2 unspecified atom stereocenters. The lowest BCUT2D eigenvalue weighted by molar-refractivity contribution is -0.394. The summed E-state index contributed by atoms with van der Waals surface area (Å²) in [5.74, 6) is 0. The number of ether oxygens (including phenoxy) is 2. The van der Waals surface area contributed by atoms with Gasteiger partial charge in [-0.3, -0.25) is 40.5 Å². The Bertz CT molecular complexity index is 1220.